The quantitative estimate of drug-likeness (QED) is 0.825. The Morgan fingerprint density at radius 3 is 2.74 bits per heavy atom. The van der Waals surface area contributed by atoms with E-state index < -0.39 is 11.9 Å². The Kier molecular flexibility index (Phi) is 4.20. The first-order valence-electron chi connectivity index (χ1n) is 6.65. The monoisotopic (exact) mass is 261 g/mol. The number of carbonyl (C=O) groups excluding carboxylic acids is 1. The fourth-order valence-electron chi connectivity index (χ4n) is 2.12. The van der Waals surface area contributed by atoms with Crippen LogP contribution in [0, 0.1) is 6.92 Å². The van der Waals surface area contributed by atoms with Crippen LogP contribution in [0.5, 0.6) is 0 Å². The molecule has 0 spiro atoms. The summed E-state index contributed by atoms with van der Waals surface area (Å²) in [5.74, 6) is -1.52. The van der Waals surface area contributed by atoms with Gasteiger partial charge in [-0.05, 0) is 31.7 Å². The average Bonchev–Trinajstić information content (AvgIpc) is 3.12. The van der Waals surface area contributed by atoms with Crippen LogP contribution < -0.4 is 5.32 Å². The molecule has 0 saturated heterocycles. The number of benzene rings is 1. The Morgan fingerprint density at radius 2 is 2.16 bits per heavy atom. The summed E-state index contributed by atoms with van der Waals surface area (Å²) in [6.45, 7) is 1.93. The molecule has 0 heterocycles. The van der Waals surface area contributed by atoms with Gasteiger partial charge in [0.05, 0.1) is 5.92 Å². The van der Waals surface area contributed by atoms with E-state index in [-0.39, 0.29) is 12.3 Å². The standard InChI is InChI=1S/C15H19NO3/c1-10-3-2-4-11(9-10)13(15(18)19)7-8-14(17)16-12-5-6-12/h2-4,9,12-13H,5-8H2,1H3,(H,16,17)(H,18,19). The van der Waals surface area contributed by atoms with Crippen LogP contribution in [0.3, 0.4) is 0 Å². The van der Waals surface area contributed by atoms with E-state index >= 15 is 0 Å². The van der Waals surface area contributed by atoms with Gasteiger partial charge in [0.1, 0.15) is 0 Å². The van der Waals surface area contributed by atoms with Gasteiger partial charge in [0, 0.05) is 12.5 Å². The zero-order valence-corrected chi connectivity index (χ0v) is 11.1. The molecule has 0 aromatic heterocycles. The van der Waals surface area contributed by atoms with Gasteiger partial charge < -0.3 is 10.4 Å². The van der Waals surface area contributed by atoms with Crippen LogP contribution in [0.2, 0.25) is 0 Å². The molecule has 0 bridgehead atoms. The molecule has 1 amide bonds. The first-order valence-corrected chi connectivity index (χ1v) is 6.65. The molecule has 102 valence electrons. The molecule has 0 aliphatic heterocycles. The first kappa shape index (κ1) is 13.6. The number of amides is 1. The second-order valence-electron chi connectivity index (χ2n) is 5.19. The molecule has 1 fully saturated rings. The molecule has 1 unspecified atom stereocenters. The normalized spacial score (nSPS) is 15.8. The van der Waals surface area contributed by atoms with E-state index in [4.69, 9.17) is 0 Å². The molecular formula is C15H19NO3. The van der Waals surface area contributed by atoms with Crippen LogP contribution in [-0.4, -0.2) is 23.0 Å². The first-order chi connectivity index (χ1) is 9.06. The minimum Gasteiger partial charge on any atom is -0.481 e. The molecule has 0 radical (unpaired) electrons. The second-order valence-corrected chi connectivity index (χ2v) is 5.19. The summed E-state index contributed by atoms with van der Waals surface area (Å²) in [6, 6.07) is 7.80. The predicted molar refractivity (Wildman–Crippen MR) is 72.0 cm³/mol. The zero-order chi connectivity index (χ0) is 13.8. The van der Waals surface area contributed by atoms with Gasteiger partial charge in [-0.25, -0.2) is 0 Å². The van der Waals surface area contributed by atoms with Gasteiger partial charge in [-0.1, -0.05) is 29.8 Å². The van der Waals surface area contributed by atoms with Crippen molar-refractivity contribution in [1.82, 2.24) is 5.32 Å². The van der Waals surface area contributed by atoms with E-state index in [1.54, 1.807) is 0 Å². The number of rotatable bonds is 6. The zero-order valence-electron chi connectivity index (χ0n) is 11.1. The van der Waals surface area contributed by atoms with Crippen molar-refractivity contribution in [1.29, 1.82) is 0 Å². The van der Waals surface area contributed by atoms with Gasteiger partial charge in [-0.3, -0.25) is 9.59 Å². The Morgan fingerprint density at radius 1 is 1.42 bits per heavy atom. The topological polar surface area (TPSA) is 66.4 Å². The van der Waals surface area contributed by atoms with Gasteiger partial charge in [0.25, 0.3) is 0 Å². The molecule has 1 aliphatic rings. The average molecular weight is 261 g/mol. The highest BCUT2D eigenvalue weighted by Crippen LogP contribution is 2.23. The molecule has 1 aromatic carbocycles. The van der Waals surface area contributed by atoms with Crippen molar-refractivity contribution in [2.45, 2.75) is 44.6 Å². The largest absolute Gasteiger partial charge is 0.481 e. The molecule has 1 aliphatic carbocycles. The lowest BCUT2D eigenvalue weighted by molar-refractivity contribution is -0.139. The summed E-state index contributed by atoms with van der Waals surface area (Å²) in [7, 11) is 0. The smallest absolute Gasteiger partial charge is 0.310 e. The number of carboxylic acid groups (broad SMARTS) is 1. The van der Waals surface area contributed by atoms with E-state index in [0.29, 0.717) is 12.5 Å². The molecule has 2 rings (SSSR count). The number of carbonyl (C=O) groups is 2. The van der Waals surface area contributed by atoms with Gasteiger partial charge in [0.2, 0.25) is 5.91 Å². The number of aliphatic carboxylic acids is 1. The van der Waals surface area contributed by atoms with Crippen molar-refractivity contribution in [3.63, 3.8) is 0 Å². The summed E-state index contributed by atoms with van der Waals surface area (Å²) in [5.41, 5.74) is 1.80. The highest BCUT2D eigenvalue weighted by Gasteiger charge is 2.25. The molecule has 1 saturated carbocycles. The van der Waals surface area contributed by atoms with Gasteiger partial charge >= 0.3 is 5.97 Å². The maximum atomic E-state index is 11.6. The third kappa shape index (κ3) is 4.09. The minimum absolute atomic E-state index is 0.0404. The van der Waals surface area contributed by atoms with E-state index in [0.717, 1.165) is 24.0 Å². The van der Waals surface area contributed by atoms with E-state index in [1.807, 2.05) is 31.2 Å². The predicted octanol–water partition coefficient (Wildman–Crippen LogP) is 2.22. The van der Waals surface area contributed by atoms with E-state index in [2.05, 4.69) is 5.32 Å². The molecule has 1 aromatic rings. The van der Waals surface area contributed by atoms with Crippen LogP contribution in [0.1, 0.15) is 42.7 Å². The lowest BCUT2D eigenvalue weighted by Crippen LogP contribution is -2.26. The van der Waals surface area contributed by atoms with Crippen molar-refractivity contribution in [3.05, 3.63) is 35.4 Å². The third-order valence-corrected chi connectivity index (χ3v) is 3.35. The van der Waals surface area contributed by atoms with Crippen molar-refractivity contribution >= 4 is 11.9 Å². The molecule has 4 nitrogen and oxygen atoms in total. The number of nitrogens with one attached hydrogen (secondary N) is 1. The lowest BCUT2D eigenvalue weighted by atomic mass is 9.93. The Labute approximate surface area is 112 Å². The van der Waals surface area contributed by atoms with Crippen LogP contribution in [-0.2, 0) is 9.59 Å². The SMILES string of the molecule is Cc1cccc(C(CCC(=O)NC2CC2)C(=O)O)c1. The van der Waals surface area contributed by atoms with Crippen molar-refractivity contribution in [2.75, 3.05) is 0 Å². The molecule has 4 heteroatoms. The number of hydrogen-bond donors (Lipinski definition) is 2. The van der Waals surface area contributed by atoms with E-state index in [9.17, 15) is 14.7 Å². The molecule has 19 heavy (non-hydrogen) atoms. The van der Waals surface area contributed by atoms with Crippen molar-refractivity contribution in [3.8, 4) is 0 Å². The van der Waals surface area contributed by atoms with Crippen LogP contribution >= 0.6 is 0 Å². The van der Waals surface area contributed by atoms with Crippen molar-refractivity contribution in [2.24, 2.45) is 0 Å². The maximum absolute atomic E-state index is 11.6. The summed E-state index contributed by atoms with van der Waals surface area (Å²) in [4.78, 5) is 22.9. The summed E-state index contributed by atoms with van der Waals surface area (Å²) in [5, 5.41) is 12.2. The number of hydrogen-bond acceptors (Lipinski definition) is 2. The fourth-order valence-corrected chi connectivity index (χ4v) is 2.12. The summed E-state index contributed by atoms with van der Waals surface area (Å²) >= 11 is 0. The molecule has 1 atom stereocenters. The van der Waals surface area contributed by atoms with Gasteiger partial charge in [-0.2, -0.15) is 0 Å². The summed E-state index contributed by atoms with van der Waals surface area (Å²) in [6.07, 6.45) is 2.71. The van der Waals surface area contributed by atoms with Gasteiger partial charge in [0.15, 0.2) is 0 Å². The maximum Gasteiger partial charge on any atom is 0.310 e. The second kappa shape index (κ2) is 5.87. The summed E-state index contributed by atoms with van der Waals surface area (Å²) < 4.78 is 0. The third-order valence-electron chi connectivity index (χ3n) is 3.35. The Balaban J connectivity index is 1.95. The van der Waals surface area contributed by atoms with Crippen LogP contribution in [0.4, 0.5) is 0 Å². The highest BCUT2D eigenvalue weighted by atomic mass is 16.4. The lowest BCUT2D eigenvalue weighted by Gasteiger charge is -2.13. The highest BCUT2D eigenvalue weighted by molar-refractivity contribution is 5.80. The Hall–Kier alpha value is -1.84. The number of aryl methyl sites for hydroxylation is 1. The van der Waals surface area contributed by atoms with Crippen LogP contribution in [0.15, 0.2) is 24.3 Å². The number of carboxylic acids is 1. The molecule has 2 N–H and O–H groups in total. The van der Waals surface area contributed by atoms with Crippen LogP contribution in [0.25, 0.3) is 0 Å². The molecular weight excluding hydrogens is 242 g/mol. The van der Waals surface area contributed by atoms with Crippen molar-refractivity contribution < 1.29 is 14.7 Å². The minimum atomic E-state index is -0.871. The fraction of sp³-hybridized carbons (Fsp3) is 0.467. The van der Waals surface area contributed by atoms with Gasteiger partial charge in [-0.15, -0.1) is 0 Å². The Bertz CT molecular complexity index is 480. The van der Waals surface area contributed by atoms with E-state index in [1.165, 1.54) is 0 Å².